The van der Waals surface area contributed by atoms with Gasteiger partial charge in [-0.15, -0.1) is 0 Å². The van der Waals surface area contributed by atoms with E-state index >= 15 is 0 Å². The fraction of sp³-hybridized carbons (Fsp3) is 0.333. The van der Waals surface area contributed by atoms with E-state index in [9.17, 15) is 4.79 Å². The molecule has 1 fully saturated rings. The molecule has 30 heavy (non-hydrogen) atoms. The summed E-state index contributed by atoms with van der Waals surface area (Å²) >= 11 is 6.25. The summed E-state index contributed by atoms with van der Waals surface area (Å²) in [4.78, 5) is 19.4. The number of nitrogens with one attached hydrogen (secondary N) is 1. The maximum Gasteiger partial charge on any atom is 0.255 e. The molecule has 0 bridgehead atoms. The number of carbonyl (C=O) groups is 1. The second-order valence-electron chi connectivity index (χ2n) is 7.57. The number of ether oxygens (including phenoxy) is 1. The second-order valence-corrected chi connectivity index (χ2v) is 7.98. The summed E-state index contributed by atoms with van der Waals surface area (Å²) in [6.07, 6.45) is 5.55. The molecule has 2 aliphatic heterocycles. The van der Waals surface area contributed by atoms with E-state index in [1.54, 1.807) is 18.3 Å². The Balaban J connectivity index is 1.35. The van der Waals surface area contributed by atoms with Gasteiger partial charge in [0.25, 0.3) is 5.91 Å². The number of nitrogens with zero attached hydrogens (tertiary/aromatic N) is 2. The van der Waals surface area contributed by atoms with Gasteiger partial charge < -0.3 is 10.1 Å². The number of rotatable bonds is 7. The van der Waals surface area contributed by atoms with Crippen LogP contribution in [0, 0.1) is 0 Å². The molecule has 2 aromatic carbocycles. The number of amides is 1. The molecule has 2 aliphatic rings. The molecule has 1 saturated heterocycles. The van der Waals surface area contributed by atoms with E-state index in [1.165, 1.54) is 19.3 Å². The molecule has 2 heterocycles. The summed E-state index contributed by atoms with van der Waals surface area (Å²) in [5, 5.41) is 3.61. The van der Waals surface area contributed by atoms with E-state index in [0.29, 0.717) is 23.7 Å². The Morgan fingerprint density at radius 3 is 2.57 bits per heavy atom. The highest BCUT2D eigenvalue weighted by Crippen LogP contribution is 2.30. The molecule has 0 saturated carbocycles. The summed E-state index contributed by atoms with van der Waals surface area (Å²) in [5.74, 6) is 0.613. The summed E-state index contributed by atoms with van der Waals surface area (Å²) in [6, 6.07) is 14.9. The first-order valence-electron chi connectivity index (χ1n) is 10.4. The Labute approximate surface area is 182 Å². The number of allylic oxidation sites excluding steroid dienone is 1. The van der Waals surface area contributed by atoms with Crippen molar-refractivity contribution in [1.82, 2.24) is 4.90 Å². The molecule has 0 aromatic heterocycles. The van der Waals surface area contributed by atoms with Crippen LogP contribution in [0.25, 0.3) is 5.57 Å². The smallest absolute Gasteiger partial charge is 0.255 e. The lowest BCUT2D eigenvalue weighted by molar-refractivity contribution is 0.102. The first-order chi connectivity index (χ1) is 14.7. The highest BCUT2D eigenvalue weighted by Gasteiger charge is 2.16. The van der Waals surface area contributed by atoms with Crippen molar-refractivity contribution >= 4 is 35.0 Å². The van der Waals surface area contributed by atoms with E-state index in [2.05, 4.69) is 15.2 Å². The Kier molecular flexibility index (Phi) is 6.82. The molecule has 4 rings (SSSR count). The van der Waals surface area contributed by atoms with Crippen LogP contribution in [-0.2, 0) is 0 Å². The van der Waals surface area contributed by atoms with Gasteiger partial charge in [0.2, 0.25) is 0 Å². The van der Waals surface area contributed by atoms with Crippen LogP contribution >= 0.6 is 11.6 Å². The van der Waals surface area contributed by atoms with Gasteiger partial charge in [-0.25, -0.2) is 0 Å². The van der Waals surface area contributed by atoms with Gasteiger partial charge in [-0.1, -0.05) is 36.2 Å². The van der Waals surface area contributed by atoms with Gasteiger partial charge in [0.05, 0.1) is 11.6 Å². The van der Waals surface area contributed by atoms with Crippen molar-refractivity contribution in [3.05, 3.63) is 64.7 Å². The fourth-order valence-electron chi connectivity index (χ4n) is 3.81. The van der Waals surface area contributed by atoms with Gasteiger partial charge in [-0.2, -0.15) is 0 Å². The van der Waals surface area contributed by atoms with Crippen LogP contribution in [0.3, 0.4) is 0 Å². The first kappa shape index (κ1) is 20.6. The molecule has 0 radical (unpaired) electrons. The third kappa shape index (κ3) is 5.10. The minimum Gasteiger partial charge on any atom is -0.492 e. The van der Waals surface area contributed by atoms with Gasteiger partial charge in [-0.05, 0) is 56.3 Å². The van der Waals surface area contributed by atoms with Crippen LogP contribution < -0.4 is 10.1 Å². The quantitative estimate of drug-likeness (QED) is 0.693. The van der Waals surface area contributed by atoms with Crippen LogP contribution in [-0.4, -0.2) is 49.8 Å². The molecule has 6 heteroatoms. The van der Waals surface area contributed by atoms with E-state index in [1.807, 2.05) is 36.4 Å². The van der Waals surface area contributed by atoms with E-state index in [0.717, 1.165) is 42.2 Å². The number of aliphatic imine (C=N–C) groups is 1. The van der Waals surface area contributed by atoms with Crippen molar-refractivity contribution in [3.63, 3.8) is 0 Å². The van der Waals surface area contributed by atoms with Gasteiger partial charge in [0.15, 0.2) is 0 Å². The zero-order chi connectivity index (χ0) is 20.8. The number of hydrogen-bond donors (Lipinski definition) is 1. The van der Waals surface area contributed by atoms with Crippen molar-refractivity contribution in [2.75, 3.05) is 38.1 Å². The molecule has 0 unspecified atom stereocenters. The van der Waals surface area contributed by atoms with Gasteiger partial charge in [0.1, 0.15) is 12.4 Å². The Morgan fingerprint density at radius 2 is 1.83 bits per heavy atom. The van der Waals surface area contributed by atoms with Crippen LogP contribution in [0.5, 0.6) is 5.75 Å². The normalized spacial score (nSPS) is 16.7. The molecule has 5 nitrogen and oxygen atoms in total. The lowest BCUT2D eigenvalue weighted by atomic mass is 10.0. The Hall–Kier alpha value is -2.63. The number of hydrogen-bond acceptors (Lipinski definition) is 4. The van der Waals surface area contributed by atoms with Crippen molar-refractivity contribution < 1.29 is 9.53 Å². The molecule has 0 atom stereocenters. The molecule has 2 aromatic rings. The lowest BCUT2D eigenvalue weighted by Crippen LogP contribution is -2.33. The summed E-state index contributed by atoms with van der Waals surface area (Å²) < 4.78 is 5.85. The summed E-state index contributed by atoms with van der Waals surface area (Å²) in [6.45, 7) is 4.46. The number of para-hydroxylation sites is 1. The van der Waals surface area contributed by atoms with Crippen molar-refractivity contribution in [2.45, 2.75) is 19.3 Å². The zero-order valence-electron chi connectivity index (χ0n) is 16.9. The predicted octanol–water partition coefficient (Wildman–Crippen LogP) is 4.84. The number of benzene rings is 2. The highest BCUT2D eigenvalue weighted by molar-refractivity contribution is 6.43. The molecule has 156 valence electrons. The third-order valence-electron chi connectivity index (χ3n) is 5.48. The molecule has 0 spiro atoms. The monoisotopic (exact) mass is 423 g/mol. The van der Waals surface area contributed by atoms with Crippen LogP contribution in [0.1, 0.15) is 35.2 Å². The second kappa shape index (κ2) is 9.92. The third-order valence-corrected chi connectivity index (χ3v) is 5.81. The van der Waals surface area contributed by atoms with E-state index in [-0.39, 0.29) is 5.91 Å². The first-order valence-corrected chi connectivity index (χ1v) is 10.8. The fourth-order valence-corrected chi connectivity index (χ4v) is 4.04. The van der Waals surface area contributed by atoms with Crippen molar-refractivity contribution in [2.24, 2.45) is 4.99 Å². The number of piperidine rings is 1. The highest BCUT2D eigenvalue weighted by atomic mass is 35.5. The van der Waals surface area contributed by atoms with Gasteiger partial charge in [0, 0.05) is 35.1 Å². The van der Waals surface area contributed by atoms with Crippen LogP contribution in [0.15, 0.2) is 58.6 Å². The number of carbonyl (C=O) groups excluding carboxylic acids is 1. The molecule has 1 amide bonds. The number of halogens is 1. The minimum atomic E-state index is -0.169. The van der Waals surface area contributed by atoms with Crippen LogP contribution in [0.2, 0.25) is 0 Å². The maximum absolute atomic E-state index is 12.8. The Morgan fingerprint density at radius 1 is 1.07 bits per heavy atom. The molecule has 1 N–H and O–H groups in total. The summed E-state index contributed by atoms with van der Waals surface area (Å²) in [7, 11) is 0. The average molecular weight is 424 g/mol. The van der Waals surface area contributed by atoms with Crippen molar-refractivity contribution in [3.8, 4) is 5.75 Å². The largest absolute Gasteiger partial charge is 0.492 e. The zero-order valence-corrected chi connectivity index (χ0v) is 17.7. The van der Waals surface area contributed by atoms with Gasteiger partial charge in [-0.3, -0.25) is 14.7 Å². The topological polar surface area (TPSA) is 53.9 Å². The minimum absolute atomic E-state index is 0.169. The standard InChI is InChI=1S/C24H26ClN3O2/c25-22-17-26-16-21(22)20-6-2-3-7-23(20)27-24(29)18-8-10-19(11-9-18)30-15-14-28-12-4-1-5-13-28/h2-3,6-11,17H,1,4-5,12-16H2,(H,27,29). The molecule has 0 aliphatic carbocycles. The Bertz CT molecular complexity index is 947. The predicted molar refractivity (Wildman–Crippen MR) is 123 cm³/mol. The lowest BCUT2D eigenvalue weighted by Gasteiger charge is -2.26. The summed E-state index contributed by atoms with van der Waals surface area (Å²) in [5.41, 5.74) is 3.12. The van der Waals surface area contributed by atoms with Gasteiger partial charge >= 0.3 is 0 Å². The van der Waals surface area contributed by atoms with Crippen LogP contribution in [0.4, 0.5) is 5.69 Å². The SMILES string of the molecule is O=C(Nc1ccccc1C1=C(Cl)C=NC1)c1ccc(OCCN2CCCCC2)cc1. The molecular weight excluding hydrogens is 398 g/mol. The van der Waals surface area contributed by atoms with E-state index in [4.69, 9.17) is 16.3 Å². The van der Waals surface area contributed by atoms with Crippen molar-refractivity contribution in [1.29, 1.82) is 0 Å². The maximum atomic E-state index is 12.8. The average Bonchev–Trinajstić information content (AvgIpc) is 3.21. The molecular formula is C24H26ClN3O2. The number of anilines is 1. The number of likely N-dealkylation sites (tertiary alicyclic amines) is 1. The van der Waals surface area contributed by atoms with E-state index < -0.39 is 0 Å².